The molecule has 5 heteroatoms. The topological polar surface area (TPSA) is 72.5 Å². The average molecular weight is 307 g/mol. The number of para-hydroxylation sites is 1. The van der Waals surface area contributed by atoms with Crippen LogP contribution < -0.4 is 10.4 Å². The Labute approximate surface area is 133 Å². The summed E-state index contributed by atoms with van der Waals surface area (Å²) in [5.74, 6) is -1.18. The lowest BCUT2D eigenvalue weighted by Crippen LogP contribution is -2.44. The summed E-state index contributed by atoms with van der Waals surface area (Å²) in [4.78, 5) is 25.6. The summed E-state index contributed by atoms with van der Waals surface area (Å²) in [6.07, 6.45) is 1.73. The van der Waals surface area contributed by atoms with Crippen LogP contribution in [0.1, 0.15) is 45.3 Å². The number of rotatable bonds is 3. The molecule has 2 aliphatic rings. The largest absolute Gasteiger partial charge is 0.545 e. The molecule has 0 spiro atoms. The van der Waals surface area contributed by atoms with E-state index in [4.69, 9.17) is 0 Å². The van der Waals surface area contributed by atoms with Crippen molar-refractivity contribution in [2.75, 3.05) is 5.32 Å². The first-order valence-electron chi connectivity index (χ1n) is 7.64. The second kappa shape index (κ2) is 5.12. The molecule has 1 heterocycles. The number of fused-ring (bicyclic) bond motifs is 1. The van der Waals surface area contributed by atoms with Crippen LogP contribution >= 0.6 is 0 Å². The van der Waals surface area contributed by atoms with Gasteiger partial charge in [-0.1, -0.05) is 36.4 Å². The lowest BCUT2D eigenvalue weighted by atomic mass is 10.0. The van der Waals surface area contributed by atoms with E-state index in [0.29, 0.717) is 5.56 Å². The van der Waals surface area contributed by atoms with Crippen molar-refractivity contribution in [2.24, 2.45) is 0 Å². The molecule has 1 N–H and O–H groups in total. The summed E-state index contributed by atoms with van der Waals surface area (Å²) < 4.78 is 0. The molecule has 1 saturated carbocycles. The lowest BCUT2D eigenvalue weighted by molar-refractivity contribution is -0.255. The van der Waals surface area contributed by atoms with E-state index in [1.165, 1.54) is 12.1 Å². The van der Waals surface area contributed by atoms with Crippen molar-refractivity contribution in [3.63, 3.8) is 0 Å². The smallest absolute Gasteiger partial charge is 0.258 e. The van der Waals surface area contributed by atoms with Crippen LogP contribution in [-0.4, -0.2) is 22.8 Å². The summed E-state index contributed by atoms with van der Waals surface area (Å²) in [5, 5.41) is 14.3. The van der Waals surface area contributed by atoms with Gasteiger partial charge >= 0.3 is 0 Å². The van der Waals surface area contributed by atoms with Gasteiger partial charge in [0, 0.05) is 11.7 Å². The molecule has 2 aromatic rings. The number of carboxylic acids is 1. The monoisotopic (exact) mass is 307 g/mol. The van der Waals surface area contributed by atoms with Crippen LogP contribution in [-0.2, 0) is 0 Å². The van der Waals surface area contributed by atoms with E-state index in [0.717, 1.165) is 24.1 Å². The Morgan fingerprint density at radius 3 is 2.43 bits per heavy atom. The number of nitrogens with one attached hydrogen (secondary N) is 1. The molecule has 2 aromatic carbocycles. The van der Waals surface area contributed by atoms with Crippen molar-refractivity contribution in [1.29, 1.82) is 0 Å². The first kappa shape index (κ1) is 13.8. The maximum Gasteiger partial charge on any atom is 0.258 e. The van der Waals surface area contributed by atoms with Crippen LogP contribution in [0.4, 0.5) is 5.69 Å². The Balaban J connectivity index is 1.74. The van der Waals surface area contributed by atoms with Gasteiger partial charge < -0.3 is 20.1 Å². The third-order valence-electron chi connectivity index (χ3n) is 4.36. The van der Waals surface area contributed by atoms with E-state index >= 15 is 0 Å². The van der Waals surface area contributed by atoms with Gasteiger partial charge in [-0.3, -0.25) is 4.79 Å². The van der Waals surface area contributed by atoms with Gasteiger partial charge in [-0.25, -0.2) is 0 Å². The van der Waals surface area contributed by atoms with Crippen molar-refractivity contribution >= 4 is 17.6 Å². The first-order valence-corrected chi connectivity index (χ1v) is 7.64. The van der Waals surface area contributed by atoms with E-state index in [1.807, 2.05) is 29.2 Å². The van der Waals surface area contributed by atoms with Crippen LogP contribution in [0.25, 0.3) is 0 Å². The number of hydrogen-bond acceptors (Lipinski definition) is 4. The van der Waals surface area contributed by atoms with Gasteiger partial charge in [0.05, 0.1) is 11.5 Å². The average Bonchev–Trinajstić information content (AvgIpc) is 3.39. The van der Waals surface area contributed by atoms with Crippen LogP contribution in [0.5, 0.6) is 0 Å². The second-order valence-corrected chi connectivity index (χ2v) is 5.95. The molecule has 5 nitrogen and oxygen atoms in total. The molecule has 4 rings (SSSR count). The number of nitrogens with zero attached hydrogens (tertiary/aromatic N) is 1. The van der Waals surface area contributed by atoms with Crippen LogP contribution in [0.2, 0.25) is 0 Å². The van der Waals surface area contributed by atoms with Crippen molar-refractivity contribution in [2.45, 2.75) is 25.0 Å². The molecule has 0 unspecified atom stereocenters. The zero-order chi connectivity index (χ0) is 16.0. The van der Waals surface area contributed by atoms with Crippen LogP contribution in [0, 0.1) is 0 Å². The summed E-state index contributed by atoms with van der Waals surface area (Å²) in [7, 11) is 0. The predicted octanol–water partition coefficient (Wildman–Crippen LogP) is 1.78. The molecular formula is C18H15N2O3-. The highest BCUT2D eigenvalue weighted by atomic mass is 16.4. The number of amides is 1. The van der Waals surface area contributed by atoms with Gasteiger partial charge in [-0.15, -0.1) is 0 Å². The zero-order valence-corrected chi connectivity index (χ0v) is 12.4. The number of hydrogen-bond donors (Lipinski definition) is 1. The second-order valence-electron chi connectivity index (χ2n) is 5.95. The SMILES string of the molecule is O=C([O-])c1ccc([C@H]2Nc3ccccc3C(=O)N2C2CC2)cc1. The Kier molecular flexibility index (Phi) is 3.08. The molecule has 0 aromatic heterocycles. The van der Waals surface area contributed by atoms with Gasteiger partial charge in [0.2, 0.25) is 0 Å². The maximum absolute atomic E-state index is 12.8. The van der Waals surface area contributed by atoms with E-state index in [9.17, 15) is 14.7 Å². The fraction of sp³-hybridized carbons (Fsp3) is 0.222. The Bertz CT molecular complexity index is 781. The normalized spacial score (nSPS) is 19.9. The van der Waals surface area contributed by atoms with Crippen molar-refractivity contribution in [3.05, 3.63) is 65.2 Å². The number of benzene rings is 2. The van der Waals surface area contributed by atoms with Crippen molar-refractivity contribution in [1.82, 2.24) is 4.90 Å². The number of aromatic carboxylic acids is 1. The highest BCUT2D eigenvalue weighted by Crippen LogP contribution is 2.40. The highest BCUT2D eigenvalue weighted by Gasteiger charge is 2.41. The van der Waals surface area contributed by atoms with E-state index < -0.39 is 5.97 Å². The van der Waals surface area contributed by atoms with Gasteiger partial charge in [-0.05, 0) is 36.1 Å². The lowest BCUT2D eigenvalue weighted by Gasteiger charge is -2.38. The van der Waals surface area contributed by atoms with E-state index in [1.54, 1.807) is 12.1 Å². The molecule has 1 aliphatic carbocycles. The Morgan fingerprint density at radius 1 is 1.09 bits per heavy atom. The van der Waals surface area contributed by atoms with Gasteiger partial charge in [-0.2, -0.15) is 0 Å². The molecule has 116 valence electrons. The number of carbonyl (C=O) groups is 2. The number of carboxylic acid groups (broad SMARTS) is 1. The molecule has 23 heavy (non-hydrogen) atoms. The minimum Gasteiger partial charge on any atom is -0.545 e. The van der Waals surface area contributed by atoms with E-state index in [-0.39, 0.29) is 23.7 Å². The summed E-state index contributed by atoms with van der Waals surface area (Å²) >= 11 is 0. The Morgan fingerprint density at radius 2 is 1.78 bits per heavy atom. The summed E-state index contributed by atoms with van der Waals surface area (Å²) in [5.41, 5.74) is 2.49. The van der Waals surface area contributed by atoms with Crippen LogP contribution in [0.3, 0.4) is 0 Å². The molecule has 0 radical (unpaired) electrons. The quantitative estimate of drug-likeness (QED) is 0.938. The minimum absolute atomic E-state index is 0.0239. The maximum atomic E-state index is 12.8. The molecule has 0 bridgehead atoms. The van der Waals surface area contributed by atoms with Crippen LogP contribution in [0.15, 0.2) is 48.5 Å². The number of carbonyl (C=O) groups excluding carboxylic acids is 2. The third-order valence-corrected chi connectivity index (χ3v) is 4.36. The third kappa shape index (κ3) is 2.34. The standard InChI is InChI=1S/C18H16N2O3/c21-17-14-3-1-2-4-15(14)19-16(20(17)13-9-10-13)11-5-7-12(8-6-11)18(22)23/h1-8,13,16,19H,9-10H2,(H,22,23)/p-1/t16-/m0/s1. The number of anilines is 1. The highest BCUT2D eigenvalue weighted by molar-refractivity contribution is 6.02. The molecule has 1 amide bonds. The van der Waals surface area contributed by atoms with Gasteiger partial charge in [0.15, 0.2) is 0 Å². The molecule has 0 saturated heterocycles. The summed E-state index contributed by atoms with van der Waals surface area (Å²) in [6.45, 7) is 0. The molecular weight excluding hydrogens is 292 g/mol. The summed E-state index contributed by atoms with van der Waals surface area (Å²) in [6, 6.07) is 14.2. The predicted molar refractivity (Wildman–Crippen MR) is 82.8 cm³/mol. The molecule has 1 aliphatic heterocycles. The minimum atomic E-state index is -1.20. The fourth-order valence-electron chi connectivity index (χ4n) is 3.04. The van der Waals surface area contributed by atoms with Gasteiger partial charge in [0.25, 0.3) is 5.91 Å². The van der Waals surface area contributed by atoms with Crippen molar-refractivity contribution in [3.8, 4) is 0 Å². The van der Waals surface area contributed by atoms with E-state index in [2.05, 4.69) is 5.32 Å². The first-order chi connectivity index (χ1) is 11.1. The van der Waals surface area contributed by atoms with Crippen molar-refractivity contribution < 1.29 is 14.7 Å². The van der Waals surface area contributed by atoms with Gasteiger partial charge in [0.1, 0.15) is 6.17 Å². The fourth-order valence-corrected chi connectivity index (χ4v) is 3.04. The Hall–Kier alpha value is -2.82. The molecule has 1 fully saturated rings. The zero-order valence-electron chi connectivity index (χ0n) is 12.4. The molecule has 1 atom stereocenters.